The molecular formula is C19H21N3O5. The van der Waals surface area contributed by atoms with Gasteiger partial charge in [-0.25, -0.2) is 0 Å². The first kappa shape index (κ1) is 18.6. The number of rotatable bonds is 5. The lowest BCUT2D eigenvalue weighted by Crippen LogP contribution is -2.45. The molecule has 142 valence electrons. The fourth-order valence-electron chi connectivity index (χ4n) is 3.01. The number of piperidine rings is 1. The molecule has 0 unspecified atom stereocenters. The average Bonchev–Trinajstić information content (AvgIpc) is 3.22. The number of carbonyl (C=O) groups is 3. The van der Waals surface area contributed by atoms with E-state index in [0.29, 0.717) is 31.7 Å². The number of ether oxygens (including phenoxy) is 1. The third-order valence-electron chi connectivity index (χ3n) is 4.58. The number of benzene rings is 1. The first-order chi connectivity index (χ1) is 13.1. The Kier molecular flexibility index (Phi) is 5.85. The minimum absolute atomic E-state index is 0.117. The van der Waals surface area contributed by atoms with Crippen LogP contribution in [0.15, 0.2) is 40.9 Å². The first-order valence-corrected chi connectivity index (χ1v) is 8.74. The molecule has 0 radical (unpaired) electrons. The number of aromatic nitrogens is 1. The Balaban J connectivity index is 1.49. The van der Waals surface area contributed by atoms with E-state index in [0.717, 1.165) is 5.56 Å². The van der Waals surface area contributed by atoms with E-state index in [-0.39, 0.29) is 30.0 Å². The van der Waals surface area contributed by atoms with Crippen LogP contribution in [0.3, 0.4) is 0 Å². The highest BCUT2D eigenvalue weighted by molar-refractivity contribution is 5.95. The molecule has 1 aromatic carbocycles. The molecule has 1 aliphatic rings. The summed E-state index contributed by atoms with van der Waals surface area (Å²) in [6.07, 6.45) is 1.13. The summed E-state index contributed by atoms with van der Waals surface area (Å²) < 4.78 is 9.92. The molecule has 2 amide bonds. The van der Waals surface area contributed by atoms with Crippen LogP contribution in [-0.4, -0.2) is 54.6 Å². The fourth-order valence-corrected chi connectivity index (χ4v) is 3.01. The van der Waals surface area contributed by atoms with E-state index in [9.17, 15) is 14.4 Å². The van der Waals surface area contributed by atoms with Crippen LogP contribution in [0.2, 0.25) is 0 Å². The van der Waals surface area contributed by atoms with Gasteiger partial charge < -0.3 is 19.5 Å². The Morgan fingerprint density at radius 2 is 1.93 bits per heavy atom. The lowest BCUT2D eigenvalue weighted by atomic mass is 9.97. The maximum Gasteiger partial charge on any atom is 0.308 e. The molecule has 0 atom stereocenters. The predicted molar refractivity (Wildman–Crippen MR) is 95.6 cm³/mol. The molecule has 8 nitrogen and oxygen atoms in total. The van der Waals surface area contributed by atoms with Crippen molar-refractivity contribution in [2.45, 2.75) is 12.8 Å². The number of nitrogens with one attached hydrogen (secondary N) is 1. The number of likely N-dealkylation sites (tertiary alicyclic amines) is 1. The maximum atomic E-state index is 12.3. The zero-order valence-corrected chi connectivity index (χ0v) is 15.0. The number of amides is 2. The minimum Gasteiger partial charge on any atom is -0.469 e. The van der Waals surface area contributed by atoms with Gasteiger partial charge in [-0.2, -0.15) is 0 Å². The summed E-state index contributed by atoms with van der Waals surface area (Å²) in [5, 5.41) is 6.32. The number of hydrogen-bond acceptors (Lipinski definition) is 6. The summed E-state index contributed by atoms with van der Waals surface area (Å²) in [6.45, 7) is 0.808. The monoisotopic (exact) mass is 371 g/mol. The molecule has 1 aromatic heterocycles. The van der Waals surface area contributed by atoms with Crippen LogP contribution in [0.25, 0.3) is 11.3 Å². The van der Waals surface area contributed by atoms with Gasteiger partial charge in [0.15, 0.2) is 11.5 Å². The van der Waals surface area contributed by atoms with E-state index in [1.165, 1.54) is 13.2 Å². The lowest BCUT2D eigenvalue weighted by molar-refractivity contribution is -0.148. The summed E-state index contributed by atoms with van der Waals surface area (Å²) in [5.41, 5.74) is 0.930. The van der Waals surface area contributed by atoms with Crippen molar-refractivity contribution in [3.63, 3.8) is 0 Å². The number of hydrogen-bond donors (Lipinski definition) is 1. The van der Waals surface area contributed by atoms with Gasteiger partial charge in [0.25, 0.3) is 5.91 Å². The third-order valence-corrected chi connectivity index (χ3v) is 4.58. The van der Waals surface area contributed by atoms with Gasteiger partial charge >= 0.3 is 5.97 Å². The van der Waals surface area contributed by atoms with Crippen molar-refractivity contribution < 1.29 is 23.6 Å². The second-order valence-electron chi connectivity index (χ2n) is 6.30. The van der Waals surface area contributed by atoms with Crippen molar-refractivity contribution in [1.82, 2.24) is 15.4 Å². The Hall–Kier alpha value is -3.16. The van der Waals surface area contributed by atoms with Crippen molar-refractivity contribution in [1.29, 1.82) is 0 Å². The smallest absolute Gasteiger partial charge is 0.308 e. The molecule has 1 fully saturated rings. The zero-order chi connectivity index (χ0) is 19.2. The summed E-state index contributed by atoms with van der Waals surface area (Å²) in [7, 11) is 1.36. The van der Waals surface area contributed by atoms with Crippen LogP contribution >= 0.6 is 0 Å². The van der Waals surface area contributed by atoms with Crippen LogP contribution in [0.1, 0.15) is 23.3 Å². The number of esters is 1. The summed E-state index contributed by atoms with van der Waals surface area (Å²) in [5.74, 6) is -0.593. The highest BCUT2D eigenvalue weighted by Crippen LogP contribution is 2.20. The molecule has 8 heteroatoms. The molecule has 1 N–H and O–H groups in total. The Labute approximate surface area is 156 Å². The van der Waals surface area contributed by atoms with Crippen LogP contribution in [0.5, 0.6) is 0 Å². The van der Waals surface area contributed by atoms with E-state index in [4.69, 9.17) is 9.26 Å². The van der Waals surface area contributed by atoms with Crippen LogP contribution in [0.4, 0.5) is 0 Å². The van der Waals surface area contributed by atoms with Crippen LogP contribution in [0, 0.1) is 5.92 Å². The number of nitrogens with zero attached hydrogens (tertiary/aromatic N) is 2. The Morgan fingerprint density at radius 3 is 2.59 bits per heavy atom. The summed E-state index contributed by atoms with van der Waals surface area (Å²) in [6, 6.07) is 10.8. The molecule has 0 saturated carbocycles. The van der Waals surface area contributed by atoms with Crippen molar-refractivity contribution in [3.8, 4) is 11.3 Å². The minimum atomic E-state index is -0.473. The highest BCUT2D eigenvalue weighted by atomic mass is 16.5. The molecular weight excluding hydrogens is 350 g/mol. The summed E-state index contributed by atoms with van der Waals surface area (Å²) in [4.78, 5) is 37.6. The number of methoxy groups -OCH3 is 1. The van der Waals surface area contributed by atoms with E-state index in [1.807, 2.05) is 30.3 Å². The van der Waals surface area contributed by atoms with Crippen molar-refractivity contribution in [2.24, 2.45) is 5.92 Å². The second-order valence-corrected chi connectivity index (χ2v) is 6.30. The molecule has 0 bridgehead atoms. The zero-order valence-electron chi connectivity index (χ0n) is 15.0. The average molecular weight is 371 g/mol. The predicted octanol–water partition coefficient (Wildman–Crippen LogP) is 1.48. The van der Waals surface area contributed by atoms with E-state index < -0.39 is 5.91 Å². The fraction of sp³-hybridized carbons (Fsp3) is 0.368. The molecule has 3 rings (SSSR count). The third kappa shape index (κ3) is 4.52. The van der Waals surface area contributed by atoms with Gasteiger partial charge in [0.05, 0.1) is 19.6 Å². The normalized spacial score (nSPS) is 14.6. The molecule has 0 aliphatic carbocycles. The summed E-state index contributed by atoms with van der Waals surface area (Å²) >= 11 is 0. The van der Waals surface area contributed by atoms with Gasteiger partial charge in [-0.1, -0.05) is 35.5 Å². The molecule has 2 aromatic rings. The van der Waals surface area contributed by atoms with E-state index in [1.54, 1.807) is 4.90 Å². The molecule has 1 aliphatic heterocycles. The quantitative estimate of drug-likeness (QED) is 0.799. The van der Waals surface area contributed by atoms with Crippen LogP contribution < -0.4 is 5.32 Å². The van der Waals surface area contributed by atoms with Crippen molar-refractivity contribution in [2.75, 3.05) is 26.7 Å². The largest absolute Gasteiger partial charge is 0.469 e. The maximum absolute atomic E-state index is 12.3. The van der Waals surface area contributed by atoms with E-state index in [2.05, 4.69) is 10.5 Å². The SMILES string of the molecule is COC(=O)C1CCN(C(=O)CNC(=O)c2cc(-c3ccccc3)on2)CC1. The highest BCUT2D eigenvalue weighted by Gasteiger charge is 2.28. The van der Waals surface area contributed by atoms with Gasteiger partial charge in [-0.3, -0.25) is 14.4 Å². The van der Waals surface area contributed by atoms with Gasteiger partial charge in [-0.15, -0.1) is 0 Å². The number of carbonyl (C=O) groups excluding carboxylic acids is 3. The first-order valence-electron chi connectivity index (χ1n) is 8.74. The topological polar surface area (TPSA) is 102 Å². The lowest BCUT2D eigenvalue weighted by Gasteiger charge is -2.30. The second kappa shape index (κ2) is 8.48. The Bertz CT molecular complexity index is 810. The standard InChI is InChI=1S/C19H21N3O5/c1-26-19(25)14-7-9-22(10-8-14)17(23)12-20-18(24)15-11-16(27-21-15)13-5-3-2-4-6-13/h2-6,11,14H,7-10,12H2,1H3,(H,20,24). The molecule has 2 heterocycles. The van der Waals surface area contributed by atoms with Gasteiger partial charge in [0.2, 0.25) is 5.91 Å². The van der Waals surface area contributed by atoms with E-state index >= 15 is 0 Å². The molecule has 0 spiro atoms. The van der Waals surface area contributed by atoms with Gasteiger partial charge in [0, 0.05) is 24.7 Å². The Morgan fingerprint density at radius 1 is 1.22 bits per heavy atom. The van der Waals surface area contributed by atoms with Crippen molar-refractivity contribution >= 4 is 17.8 Å². The molecule has 27 heavy (non-hydrogen) atoms. The van der Waals surface area contributed by atoms with Crippen molar-refractivity contribution in [3.05, 3.63) is 42.1 Å². The molecule has 1 saturated heterocycles. The van der Waals surface area contributed by atoms with Gasteiger partial charge in [-0.05, 0) is 12.8 Å². The van der Waals surface area contributed by atoms with Gasteiger partial charge in [0.1, 0.15) is 0 Å². The van der Waals surface area contributed by atoms with Crippen LogP contribution in [-0.2, 0) is 14.3 Å².